The van der Waals surface area contributed by atoms with E-state index in [0.717, 1.165) is 24.2 Å². The summed E-state index contributed by atoms with van der Waals surface area (Å²) in [5.74, 6) is 1.73. The van der Waals surface area contributed by atoms with Crippen LogP contribution < -0.4 is 9.47 Å². The molecule has 0 spiro atoms. The first-order valence-electron chi connectivity index (χ1n) is 6.42. The van der Waals surface area contributed by atoms with Gasteiger partial charge in [0.25, 0.3) is 0 Å². The van der Waals surface area contributed by atoms with Crippen molar-refractivity contribution in [3.05, 3.63) is 22.7 Å². The van der Waals surface area contributed by atoms with Gasteiger partial charge in [-0.25, -0.2) is 0 Å². The van der Waals surface area contributed by atoms with Crippen LogP contribution in [-0.2, 0) is 11.2 Å². The highest BCUT2D eigenvalue weighted by Crippen LogP contribution is 2.33. The SMILES string of the molecule is COc1cc(OC)c(CCCC(=O)C(C)C)cc1Cl. The number of halogens is 1. The second-order valence-corrected chi connectivity index (χ2v) is 5.18. The fraction of sp³-hybridized carbons (Fsp3) is 0.533. The molecule has 4 heteroatoms. The number of ether oxygens (including phenoxy) is 2. The predicted octanol–water partition coefficient (Wildman–Crippen LogP) is 3.91. The van der Waals surface area contributed by atoms with E-state index in [4.69, 9.17) is 21.1 Å². The number of rotatable bonds is 7. The van der Waals surface area contributed by atoms with Gasteiger partial charge in [0.1, 0.15) is 17.3 Å². The molecule has 3 nitrogen and oxygen atoms in total. The summed E-state index contributed by atoms with van der Waals surface area (Å²) in [6.07, 6.45) is 2.16. The van der Waals surface area contributed by atoms with Crippen LogP contribution in [0.5, 0.6) is 11.5 Å². The molecule has 1 aromatic carbocycles. The van der Waals surface area contributed by atoms with Gasteiger partial charge in [-0.3, -0.25) is 4.79 Å². The molecule has 0 bridgehead atoms. The number of aryl methyl sites for hydroxylation is 1. The van der Waals surface area contributed by atoms with Crippen molar-refractivity contribution in [2.75, 3.05) is 14.2 Å². The lowest BCUT2D eigenvalue weighted by atomic mass is 10.0. The first kappa shape index (κ1) is 15.8. The van der Waals surface area contributed by atoms with Crippen molar-refractivity contribution in [3.8, 4) is 11.5 Å². The van der Waals surface area contributed by atoms with E-state index in [1.54, 1.807) is 20.3 Å². The van der Waals surface area contributed by atoms with Crippen LogP contribution in [0, 0.1) is 5.92 Å². The van der Waals surface area contributed by atoms with Crippen molar-refractivity contribution >= 4 is 17.4 Å². The predicted molar refractivity (Wildman–Crippen MR) is 77.3 cm³/mol. The van der Waals surface area contributed by atoms with E-state index in [2.05, 4.69) is 0 Å². The Labute approximate surface area is 119 Å². The van der Waals surface area contributed by atoms with E-state index in [1.165, 1.54) is 0 Å². The smallest absolute Gasteiger partial charge is 0.141 e. The van der Waals surface area contributed by atoms with Crippen LogP contribution in [-0.4, -0.2) is 20.0 Å². The fourth-order valence-electron chi connectivity index (χ4n) is 1.86. The maximum atomic E-state index is 11.6. The van der Waals surface area contributed by atoms with Gasteiger partial charge in [0.05, 0.1) is 19.2 Å². The third kappa shape index (κ3) is 4.43. The molecule has 106 valence electrons. The molecule has 1 aromatic rings. The van der Waals surface area contributed by atoms with Gasteiger partial charge >= 0.3 is 0 Å². The van der Waals surface area contributed by atoms with Crippen molar-refractivity contribution in [3.63, 3.8) is 0 Å². The number of methoxy groups -OCH3 is 2. The van der Waals surface area contributed by atoms with Crippen LogP contribution in [0.2, 0.25) is 5.02 Å². The molecular weight excluding hydrogens is 264 g/mol. The molecule has 1 rings (SSSR count). The van der Waals surface area contributed by atoms with E-state index >= 15 is 0 Å². The van der Waals surface area contributed by atoms with Crippen LogP contribution in [0.15, 0.2) is 12.1 Å². The second-order valence-electron chi connectivity index (χ2n) is 4.77. The summed E-state index contributed by atoms with van der Waals surface area (Å²) in [4.78, 5) is 11.6. The lowest BCUT2D eigenvalue weighted by Crippen LogP contribution is -2.07. The van der Waals surface area contributed by atoms with Gasteiger partial charge < -0.3 is 9.47 Å². The quantitative estimate of drug-likeness (QED) is 0.762. The molecule has 0 aliphatic rings. The van der Waals surface area contributed by atoms with Gasteiger partial charge in [0, 0.05) is 18.4 Å². The van der Waals surface area contributed by atoms with Crippen LogP contribution in [0.1, 0.15) is 32.3 Å². The molecule has 0 atom stereocenters. The minimum absolute atomic E-state index is 0.0985. The number of Topliss-reactive ketones (excluding diaryl/α,β-unsaturated/α-hetero) is 1. The highest BCUT2D eigenvalue weighted by Gasteiger charge is 2.11. The number of benzene rings is 1. The monoisotopic (exact) mass is 284 g/mol. The van der Waals surface area contributed by atoms with E-state index in [0.29, 0.717) is 23.0 Å². The van der Waals surface area contributed by atoms with Crippen molar-refractivity contribution in [1.82, 2.24) is 0 Å². The van der Waals surface area contributed by atoms with Gasteiger partial charge in [0.2, 0.25) is 0 Å². The standard InChI is InChI=1S/C15H21ClO3/c1-10(2)13(17)7-5-6-11-8-12(16)15(19-4)9-14(11)18-3/h8-10H,5-7H2,1-4H3. The van der Waals surface area contributed by atoms with Gasteiger partial charge in [-0.15, -0.1) is 0 Å². The first-order valence-corrected chi connectivity index (χ1v) is 6.80. The first-order chi connectivity index (χ1) is 8.99. The second kappa shape index (κ2) is 7.39. The number of hydrogen-bond acceptors (Lipinski definition) is 3. The zero-order valence-electron chi connectivity index (χ0n) is 12.0. The number of carbonyl (C=O) groups excluding carboxylic acids is 1. The molecule has 0 aromatic heterocycles. The molecule has 0 fully saturated rings. The maximum absolute atomic E-state index is 11.6. The fourth-order valence-corrected chi connectivity index (χ4v) is 2.12. The Morgan fingerprint density at radius 1 is 1.21 bits per heavy atom. The Morgan fingerprint density at radius 3 is 2.37 bits per heavy atom. The van der Waals surface area contributed by atoms with Crippen molar-refractivity contribution in [2.24, 2.45) is 5.92 Å². The van der Waals surface area contributed by atoms with Gasteiger partial charge in [-0.05, 0) is 24.5 Å². The van der Waals surface area contributed by atoms with Crippen LogP contribution >= 0.6 is 11.6 Å². The molecule has 0 saturated carbocycles. The normalized spacial score (nSPS) is 10.6. The molecule has 0 N–H and O–H groups in total. The van der Waals surface area contributed by atoms with Gasteiger partial charge in [-0.1, -0.05) is 25.4 Å². The van der Waals surface area contributed by atoms with Crippen molar-refractivity contribution in [2.45, 2.75) is 33.1 Å². The molecule has 19 heavy (non-hydrogen) atoms. The lowest BCUT2D eigenvalue weighted by Gasteiger charge is -2.12. The molecular formula is C15H21ClO3. The topological polar surface area (TPSA) is 35.5 Å². The van der Waals surface area contributed by atoms with E-state index in [-0.39, 0.29) is 5.92 Å². The van der Waals surface area contributed by atoms with Crippen LogP contribution in [0.4, 0.5) is 0 Å². The summed E-state index contributed by atoms with van der Waals surface area (Å²) in [6.45, 7) is 3.85. The van der Waals surface area contributed by atoms with E-state index < -0.39 is 0 Å². The lowest BCUT2D eigenvalue weighted by molar-refractivity contribution is -0.121. The summed E-state index contributed by atoms with van der Waals surface area (Å²) in [5.41, 5.74) is 1.00. The number of hydrogen-bond donors (Lipinski definition) is 0. The summed E-state index contributed by atoms with van der Waals surface area (Å²) in [7, 11) is 3.19. The third-order valence-corrected chi connectivity index (χ3v) is 3.36. The summed E-state index contributed by atoms with van der Waals surface area (Å²) >= 11 is 6.10. The van der Waals surface area contributed by atoms with E-state index in [9.17, 15) is 4.79 Å². The minimum atomic E-state index is 0.0985. The van der Waals surface area contributed by atoms with Gasteiger partial charge in [-0.2, -0.15) is 0 Å². The van der Waals surface area contributed by atoms with Crippen molar-refractivity contribution < 1.29 is 14.3 Å². The Morgan fingerprint density at radius 2 is 1.84 bits per heavy atom. The summed E-state index contributed by atoms with van der Waals surface area (Å²) in [6, 6.07) is 3.63. The Balaban J connectivity index is 2.72. The summed E-state index contributed by atoms with van der Waals surface area (Å²) in [5, 5.41) is 0.563. The van der Waals surface area contributed by atoms with Crippen LogP contribution in [0.3, 0.4) is 0 Å². The molecule has 0 aliphatic carbocycles. The van der Waals surface area contributed by atoms with Crippen LogP contribution in [0.25, 0.3) is 0 Å². The number of carbonyl (C=O) groups is 1. The molecule has 0 radical (unpaired) electrons. The van der Waals surface area contributed by atoms with Gasteiger partial charge in [0.15, 0.2) is 0 Å². The highest BCUT2D eigenvalue weighted by atomic mass is 35.5. The molecule has 0 saturated heterocycles. The zero-order valence-corrected chi connectivity index (χ0v) is 12.7. The maximum Gasteiger partial charge on any atom is 0.141 e. The molecule has 0 unspecified atom stereocenters. The summed E-state index contributed by atoms with van der Waals surface area (Å²) < 4.78 is 10.5. The largest absolute Gasteiger partial charge is 0.496 e. The average molecular weight is 285 g/mol. The Hall–Kier alpha value is -1.22. The molecule has 0 aliphatic heterocycles. The number of ketones is 1. The zero-order chi connectivity index (χ0) is 14.4. The minimum Gasteiger partial charge on any atom is -0.496 e. The Bertz CT molecular complexity index is 441. The average Bonchev–Trinajstić information content (AvgIpc) is 2.38. The third-order valence-electron chi connectivity index (χ3n) is 3.07. The highest BCUT2D eigenvalue weighted by molar-refractivity contribution is 6.32. The Kier molecular flexibility index (Phi) is 6.16. The molecule has 0 amide bonds. The van der Waals surface area contributed by atoms with E-state index in [1.807, 2.05) is 19.9 Å². The van der Waals surface area contributed by atoms with Crippen molar-refractivity contribution in [1.29, 1.82) is 0 Å². The molecule has 0 heterocycles.